The van der Waals surface area contributed by atoms with Gasteiger partial charge in [0.25, 0.3) is 0 Å². The number of amides is 3. The topological polar surface area (TPSA) is 90.0 Å². The molecule has 2 N–H and O–H groups in total. The number of hydrogen-bond donors (Lipinski definition) is 2. The maximum Gasteiger partial charge on any atom is 0.320 e. The summed E-state index contributed by atoms with van der Waals surface area (Å²) >= 11 is 0. The van der Waals surface area contributed by atoms with Gasteiger partial charge < -0.3 is 20.2 Å². The van der Waals surface area contributed by atoms with E-state index in [-0.39, 0.29) is 24.4 Å². The molecule has 0 aromatic heterocycles. The zero-order chi connectivity index (χ0) is 15.4. The zero-order valence-electron chi connectivity index (χ0n) is 12.4. The fourth-order valence-electron chi connectivity index (χ4n) is 3.12. The number of nitrogens with zero attached hydrogens (tertiary/aromatic N) is 2. The van der Waals surface area contributed by atoms with Gasteiger partial charge in [0.1, 0.15) is 0 Å². The van der Waals surface area contributed by atoms with E-state index in [1.165, 1.54) is 0 Å². The van der Waals surface area contributed by atoms with Crippen LogP contribution in [0.15, 0.2) is 0 Å². The number of aliphatic carboxylic acids is 1. The van der Waals surface area contributed by atoms with E-state index in [0.29, 0.717) is 26.1 Å². The SMILES string of the molecule is CNC(=O)C1CCCN(C(=O)N2CCC[C@H](C(=O)O)C2)C1. The van der Waals surface area contributed by atoms with Crippen molar-refractivity contribution in [3.8, 4) is 0 Å². The molecule has 3 amide bonds. The zero-order valence-corrected chi connectivity index (χ0v) is 12.4. The third-order valence-electron chi connectivity index (χ3n) is 4.35. The molecule has 2 aliphatic rings. The number of likely N-dealkylation sites (tertiary alicyclic amines) is 2. The van der Waals surface area contributed by atoms with E-state index in [4.69, 9.17) is 5.11 Å². The molecule has 7 heteroatoms. The molecule has 2 heterocycles. The molecule has 0 saturated carbocycles. The van der Waals surface area contributed by atoms with Crippen LogP contribution >= 0.6 is 0 Å². The van der Waals surface area contributed by atoms with Crippen molar-refractivity contribution in [2.75, 3.05) is 33.2 Å². The quantitative estimate of drug-likeness (QED) is 0.770. The Kier molecular flexibility index (Phi) is 5.03. The Morgan fingerprint density at radius 2 is 1.52 bits per heavy atom. The first-order valence-electron chi connectivity index (χ1n) is 7.51. The minimum Gasteiger partial charge on any atom is -0.481 e. The molecule has 0 bridgehead atoms. The van der Waals surface area contributed by atoms with Crippen LogP contribution in [0.2, 0.25) is 0 Å². The predicted molar refractivity (Wildman–Crippen MR) is 75.7 cm³/mol. The maximum atomic E-state index is 12.5. The maximum absolute atomic E-state index is 12.5. The highest BCUT2D eigenvalue weighted by atomic mass is 16.4. The van der Waals surface area contributed by atoms with Crippen LogP contribution in [0.25, 0.3) is 0 Å². The van der Waals surface area contributed by atoms with Crippen LogP contribution in [0.3, 0.4) is 0 Å². The number of urea groups is 1. The van der Waals surface area contributed by atoms with E-state index < -0.39 is 11.9 Å². The van der Waals surface area contributed by atoms with Crippen molar-refractivity contribution in [2.24, 2.45) is 11.8 Å². The summed E-state index contributed by atoms with van der Waals surface area (Å²) in [6, 6.07) is -0.130. The van der Waals surface area contributed by atoms with Gasteiger partial charge >= 0.3 is 12.0 Å². The van der Waals surface area contributed by atoms with E-state index in [0.717, 1.165) is 19.3 Å². The minimum atomic E-state index is -0.839. The van der Waals surface area contributed by atoms with Gasteiger partial charge in [0.15, 0.2) is 0 Å². The molecule has 118 valence electrons. The van der Waals surface area contributed by atoms with E-state index in [2.05, 4.69) is 5.32 Å². The van der Waals surface area contributed by atoms with Crippen molar-refractivity contribution in [3.63, 3.8) is 0 Å². The van der Waals surface area contributed by atoms with Gasteiger partial charge in [-0.05, 0) is 25.7 Å². The van der Waals surface area contributed by atoms with Gasteiger partial charge in [-0.3, -0.25) is 9.59 Å². The molecule has 2 aliphatic heterocycles. The van der Waals surface area contributed by atoms with Crippen LogP contribution < -0.4 is 5.32 Å². The van der Waals surface area contributed by atoms with E-state index in [1.807, 2.05) is 0 Å². The monoisotopic (exact) mass is 297 g/mol. The van der Waals surface area contributed by atoms with Gasteiger partial charge in [0.05, 0.1) is 11.8 Å². The lowest BCUT2D eigenvalue weighted by Gasteiger charge is -2.38. The highest BCUT2D eigenvalue weighted by Crippen LogP contribution is 2.22. The van der Waals surface area contributed by atoms with Crippen LogP contribution in [-0.2, 0) is 9.59 Å². The number of hydrogen-bond acceptors (Lipinski definition) is 3. The van der Waals surface area contributed by atoms with Crippen molar-refractivity contribution in [1.29, 1.82) is 0 Å². The van der Waals surface area contributed by atoms with Crippen molar-refractivity contribution >= 4 is 17.9 Å². The average molecular weight is 297 g/mol. The second-order valence-electron chi connectivity index (χ2n) is 5.81. The molecule has 21 heavy (non-hydrogen) atoms. The van der Waals surface area contributed by atoms with Gasteiger partial charge in [-0.2, -0.15) is 0 Å². The Hall–Kier alpha value is -1.79. The Balaban J connectivity index is 1.95. The largest absolute Gasteiger partial charge is 0.481 e. The number of carboxylic acids is 1. The molecule has 1 unspecified atom stereocenters. The van der Waals surface area contributed by atoms with E-state index in [1.54, 1.807) is 16.8 Å². The van der Waals surface area contributed by atoms with Crippen molar-refractivity contribution < 1.29 is 19.5 Å². The highest BCUT2D eigenvalue weighted by molar-refractivity contribution is 5.81. The summed E-state index contributed by atoms with van der Waals surface area (Å²) in [6.45, 7) is 1.94. The second kappa shape index (κ2) is 6.78. The third-order valence-corrected chi connectivity index (χ3v) is 4.35. The molecule has 0 aromatic carbocycles. The molecule has 0 aromatic rings. The van der Waals surface area contributed by atoms with Gasteiger partial charge in [-0.1, -0.05) is 0 Å². The molecule has 2 atom stereocenters. The summed E-state index contributed by atoms with van der Waals surface area (Å²) in [6.07, 6.45) is 2.94. The summed E-state index contributed by atoms with van der Waals surface area (Å²) in [5, 5.41) is 11.7. The average Bonchev–Trinajstić information content (AvgIpc) is 2.53. The molecule has 0 radical (unpaired) electrons. The van der Waals surface area contributed by atoms with Gasteiger partial charge in [0, 0.05) is 33.2 Å². The molecule has 2 rings (SSSR count). The normalized spacial score (nSPS) is 26.3. The Morgan fingerprint density at radius 3 is 2.05 bits per heavy atom. The minimum absolute atomic E-state index is 0.0328. The number of carbonyl (C=O) groups excluding carboxylic acids is 2. The molecule has 0 aliphatic carbocycles. The lowest BCUT2D eigenvalue weighted by atomic mass is 9.96. The van der Waals surface area contributed by atoms with Crippen LogP contribution in [0.1, 0.15) is 25.7 Å². The lowest BCUT2D eigenvalue weighted by Crippen LogP contribution is -2.52. The Morgan fingerprint density at radius 1 is 1.00 bits per heavy atom. The predicted octanol–water partition coefficient (Wildman–Crippen LogP) is 0.361. The lowest BCUT2D eigenvalue weighted by molar-refractivity contribution is -0.143. The van der Waals surface area contributed by atoms with Crippen LogP contribution in [0.4, 0.5) is 4.79 Å². The number of carbonyl (C=O) groups is 3. The Bertz CT molecular complexity index is 426. The fraction of sp³-hybridized carbons (Fsp3) is 0.786. The van der Waals surface area contributed by atoms with Gasteiger partial charge in [-0.25, -0.2) is 4.79 Å². The van der Waals surface area contributed by atoms with Crippen LogP contribution in [0.5, 0.6) is 0 Å². The third kappa shape index (κ3) is 3.65. The molecule has 7 nitrogen and oxygen atoms in total. The standard InChI is InChI=1S/C14H23N3O4/c1-15-12(18)10-4-2-6-16(8-10)14(21)17-7-3-5-11(9-17)13(19)20/h10-11H,2-9H2,1H3,(H,15,18)(H,19,20)/t10?,11-/m0/s1. The van der Waals surface area contributed by atoms with Gasteiger partial charge in [0.2, 0.25) is 5.91 Å². The van der Waals surface area contributed by atoms with Crippen LogP contribution in [-0.4, -0.2) is 66.0 Å². The number of piperidine rings is 2. The van der Waals surface area contributed by atoms with Gasteiger partial charge in [-0.15, -0.1) is 0 Å². The van der Waals surface area contributed by atoms with Crippen molar-refractivity contribution in [2.45, 2.75) is 25.7 Å². The summed E-state index contributed by atoms with van der Waals surface area (Å²) in [4.78, 5) is 38.6. The number of rotatable bonds is 2. The first-order chi connectivity index (χ1) is 10.0. The smallest absolute Gasteiger partial charge is 0.320 e. The summed E-state index contributed by atoms with van der Waals surface area (Å²) < 4.78 is 0. The Labute approximate surface area is 124 Å². The fourth-order valence-corrected chi connectivity index (χ4v) is 3.12. The summed E-state index contributed by atoms with van der Waals surface area (Å²) in [5.41, 5.74) is 0. The first-order valence-corrected chi connectivity index (χ1v) is 7.51. The highest BCUT2D eigenvalue weighted by Gasteiger charge is 2.33. The molecular weight excluding hydrogens is 274 g/mol. The van der Waals surface area contributed by atoms with Crippen LogP contribution in [0, 0.1) is 11.8 Å². The van der Waals surface area contributed by atoms with E-state index in [9.17, 15) is 14.4 Å². The van der Waals surface area contributed by atoms with Crippen molar-refractivity contribution in [1.82, 2.24) is 15.1 Å². The summed E-state index contributed by atoms with van der Waals surface area (Å²) in [7, 11) is 1.60. The molecular formula is C14H23N3O4. The number of carboxylic acid groups (broad SMARTS) is 1. The summed E-state index contributed by atoms with van der Waals surface area (Å²) in [5.74, 6) is -1.50. The van der Waals surface area contributed by atoms with Crippen molar-refractivity contribution in [3.05, 3.63) is 0 Å². The number of nitrogens with one attached hydrogen (secondary N) is 1. The first kappa shape index (κ1) is 15.6. The molecule has 2 saturated heterocycles. The second-order valence-corrected chi connectivity index (χ2v) is 5.81. The molecule has 0 spiro atoms. The van der Waals surface area contributed by atoms with E-state index >= 15 is 0 Å². The molecule has 2 fully saturated rings.